The maximum Gasteiger partial charge on any atom is 0.220 e. The average molecular weight is 281 g/mol. The molecule has 1 aromatic heterocycles. The number of aromatic nitrogens is 1. The molecular weight excluding hydrogens is 258 g/mol. The second-order valence-electron chi connectivity index (χ2n) is 5.50. The molecule has 19 heavy (non-hydrogen) atoms. The van der Waals surface area contributed by atoms with E-state index < -0.39 is 0 Å². The van der Waals surface area contributed by atoms with Gasteiger partial charge in [-0.15, -0.1) is 11.3 Å². The van der Waals surface area contributed by atoms with E-state index in [1.165, 1.54) is 6.42 Å². The van der Waals surface area contributed by atoms with Gasteiger partial charge in [0.15, 0.2) is 0 Å². The minimum Gasteiger partial charge on any atom is -0.350 e. The van der Waals surface area contributed by atoms with E-state index in [4.69, 9.17) is 0 Å². The molecule has 2 N–H and O–H groups in total. The van der Waals surface area contributed by atoms with Crippen LogP contribution in [0, 0.1) is 5.92 Å². The van der Waals surface area contributed by atoms with Crippen LogP contribution in [0.5, 0.6) is 0 Å². The normalized spacial score (nSPS) is 19.0. The van der Waals surface area contributed by atoms with E-state index in [2.05, 4.69) is 34.8 Å². The Labute approximate surface area is 119 Å². The van der Waals surface area contributed by atoms with Crippen molar-refractivity contribution in [1.29, 1.82) is 0 Å². The lowest BCUT2D eigenvalue weighted by Gasteiger charge is -2.07. The molecule has 0 saturated carbocycles. The molecule has 1 amide bonds. The first-order chi connectivity index (χ1) is 9.15. The molecule has 1 aliphatic heterocycles. The Kier molecular flexibility index (Phi) is 5.34. The zero-order chi connectivity index (χ0) is 13.7. The zero-order valence-corrected chi connectivity index (χ0v) is 12.6. The number of nitrogens with zero attached hydrogens (tertiary/aromatic N) is 1. The number of hydrogen-bond donors (Lipinski definition) is 2. The summed E-state index contributed by atoms with van der Waals surface area (Å²) in [6.07, 6.45) is 2.83. The summed E-state index contributed by atoms with van der Waals surface area (Å²) in [6, 6.07) is 0. The van der Waals surface area contributed by atoms with Crippen molar-refractivity contribution in [2.45, 2.75) is 45.6 Å². The van der Waals surface area contributed by atoms with Crippen molar-refractivity contribution >= 4 is 17.2 Å². The lowest BCUT2D eigenvalue weighted by Crippen LogP contribution is -2.23. The summed E-state index contributed by atoms with van der Waals surface area (Å²) in [7, 11) is 0. The SMILES string of the molecule is CC(C)c1csc(CNC(=O)CCC2CCNC2)n1. The van der Waals surface area contributed by atoms with E-state index in [0.717, 1.165) is 30.2 Å². The van der Waals surface area contributed by atoms with Gasteiger partial charge in [0.2, 0.25) is 5.91 Å². The fourth-order valence-electron chi connectivity index (χ4n) is 2.23. The largest absolute Gasteiger partial charge is 0.350 e. The van der Waals surface area contributed by atoms with Crippen molar-refractivity contribution in [2.75, 3.05) is 13.1 Å². The highest BCUT2D eigenvalue weighted by atomic mass is 32.1. The molecule has 0 aliphatic carbocycles. The molecule has 2 heterocycles. The van der Waals surface area contributed by atoms with Gasteiger partial charge in [-0.25, -0.2) is 4.98 Å². The molecule has 1 unspecified atom stereocenters. The molecule has 0 aromatic carbocycles. The topological polar surface area (TPSA) is 54.0 Å². The number of carbonyl (C=O) groups excluding carboxylic acids is 1. The quantitative estimate of drug-likeness (QED) is 0.841. The second kappa shape index (κ2) is 7.01. The van der Waals surface area contributed by atoms with Gasteiger partial charge < -0.3 is 10.6 Å². The first kappa shape index (κ1) is 14.5. The highest BCUT2D eigenvalue weighted by Gasteiger charge is 2.15. The monoisotopic (exact) mass is 281 g/mol. The van der Waals surface area contributed by atoms with E-state index in [1.54, 1.807) is 11.3 Å². The van der Waals surface area contributed by atoms with Crippen LogP contribution in [-0.2, 0) is 11.3 Å². The number of nitrogens with one attached hydrogen (secondary N) is 2. The molecule has 1 atom stereocenters. The molecule has 4 nitrogen and oxygen atoms in total. The summed E-state index contributed by atoms with van der Waals surface area (Å²) in [5, 5.41) is 9.37. The predicted octanol–water partition coefficient (Wildman–Crippen LogP) is 2.27. The summed E-state index contributed by atoms with van der Waals surface area (Å²) in [5.41, 5.74) is 1.12. The fourth-order valence-corrected chi connectivity index (χ4v) is 3.13. The van der Waals surface area contributed by atoms with Crippen LogP contribution in [0.25, 0.3) is 0 Å². The van der Waals surface area contributed by atoms with Crippen molar-refractivity contribution in [3.63, 3.8) is 0 Å². The summed E-state index contributed by atoms with van der Waals surface area (Å²) >= 11 is 1.63. The molecule has 2 rings (SSSR count). The van der Waals surface area contributed by atoms with Crippen LogP contribution in [0.4, 0.5) is 0 Å². The van der Waals surface area contributed by atoms with Crippen LogP contribution in [0.3, 0.4) is 0 Å². The number of carbonyl (C=O) groups is 1. The van der Waals surface area contributed by atoms with Crippen LogP contribution >= 0.6 is 11.3 Å². The van der Waals surface area contributed by atoms with Crippen molar-refractivity contribution in [2.24, 2.45) is 5.92 Å². The van der Waals surface area contributed by atoms with Gasteiger partial charge in [0, 0.05) is 11.8 Å². The maximum absolute atomic E-state index is 11.8. The highest BCUT2D eigenvalue weighted by Crippen LogP contribution is 2.18. The number of rotatable bonds is 6. The first-order valence-corrected chi connectivity index (χ1v) is 7.95. The predicted molar refractivity (Wildman–Crippen MR) is 78.3 cm³/mol. The molecule has 106 valence electrons. The maximum atomic E-state index is 11.8. The molecular formula is C14H23N3OS. The molecule has 1 saturated heterocycles. The Morgan fingerprint density at radius 3 is 3.11 bits per heavy atom. The lowest BCUT2D eigenvalue weighted by atomic mass is 10.0. The Morgan fingerprint density at radius 2 is 2.47 bits per heavy atom. The van der Waals surface area contributed by atoms with Crippen molar-refractivity contribution in [3.8, 4) is 0 Å². The Morgan fingerprint density at radius 1 is 1.63 bits per heavy atom. The van der Waals surface area contributed by atoms with Gasteiger partial charge >= 0.3 is 0 Å². The Balaban J connectivity index is 1.67. The molecule has 1 aromatic rings. The van der Waals surface area contributed by atoms with Gasteiger partial charge in [-0.05, 0) is 37.8 Å². The minimum absolute atomic E-state index is 0.146. The number of hydrogen-bond acceptors (Lipinski definition) is 4. The lowest BCUT2D eigenvalue weighted by molar-refractivity contribution is -0.121. The van der Waals surface area contributed by atoms with E-state index in [1.807, 2.05) is 0 Å². The minimum atomic E-state index is 0.146. The number of amides is 1. The summed E-state index contributed by atoms with van der Waals surface area (Å²) in [5.74, 6) is 1.28. The van der Waals surface area contributed by atoms with Gasteiger partial charge in [-0.3, -0.25) is 4.79 Å². The second-order valence-corrected chi connectivity index (χ2v) is 6.44. The number of thiazole rings is 1. The van der Waals surface area contributed by atoms with E-state index in [9.17, 15) is 4.79 Å². The van der Waals surface area contributed by atoms with Gasteiger partial charge in [-0.2, -0.15) is 0 Å². The Bertz CT molecular complexity index is 411. The van der Waals surface area contributed by atoms with Crippen LogP contribution in [-0.4, -0.2) is 24.0 Å². The van der Waals surface area contributed by atoms with Crippen LogP contribution < -0.4 is 10.6 Å². The van der Waals surface area contributed by atoms with E-state index in [0.29, 0.717) is 24.8 Å². The van der Waals surface area contributed by atoms with Gasteiger partial charge in [0.25, 0.3) is 0 Å². The van der Waals surface area contributed by atoms with Crippen LogP contribution in [0.1, 0.15) is 49.7 Å². The van der Waals surface area contributed by atoms with Crippen molar-refractivity contribution in [1.82, 2.24) is 15.6 Å². The van der Waals surface area contributed by atoms with Gasteiger partial charge in [-0.1, -0.05) is 13.8 Å². The standard InChI is InChI=1S/C14H23N3OS/c1-10(2)12-9-19-14(17-12)8-16-13(18)4-3-11-5-6-15-7-11/h9-11,15H,3-8H2,1-2H3,(H,16,18). The zero-order valence-electron chi connectivity index (χ0n) is 11.7. The highest BCUT2D eigenvalue weighted by molar-refractivity contribution is 7.09. The molecule has 1 aliphatic rings. The van der Waals surface area contributed by atoms with Crippen LogP contribution in [0.15, 0.2) is 5.38 Å². The first-order valence-electron chi connectivity index (χ1n) is 7.07. The fraction of sp³-hybridized carbons (Fsp3) is 0.714. The summed E-state index contributed by atoms with van der Waals surface area (Å²) in [6.45, 7) is 7.00. The average Bonchev–Trinajstić information content (AvgIpc) is 3.05. The third-order valence-electron chi connectivity index (χ3n) is 3.54. The third-order valence-corrected chi connectivity index (χ3v) is 4.41. The van der Waals surface area contributed by atoms with Crippen LogP contribution in [0.2, 0.25) is 0 Å². The van der Waals surface area contributed by atoms with Crippen molar-refractivity contribution < 1.29 is 4.79 Å². The molecule has 1 fully saturated rings. The Hall–Kier alpha value is -0.940. The van der Waals surface area contributed by atoms with Gasteiger partial charge in [0.05, 0.1) is 12.2 Å². The molecule has 0 radical (unpaired) electrons. The third kappa shape index (κ3) is 4.58. The summed E-state index contributed by atoms with van der Waals surface area (Å²) in [4.78, 5) is 16.3. The van der Waals surface area contributed by atoms with Gasteiger partial charge in [0.1, 0.15) is 5.01 Å². The molecule has 0 bridgehead atoms. The molecule has 5 heteroatoms. The summed E-state index contributed by atoms with van der Waals surface area (Å²) < 4.78 is 0. The van der Waals surface area contributed by atoms with E-state index in [-0.39, 0.29) is 5.91 Å². The van der Waals surface area contributed by atoms with E-state index >= 15 is 0 Å². The van der Waals surface area contributed by atoms with Crippen molar-refractivity contribution in [3.05, 3.63) is 16.1 Å². The smallest absolute Gasteiger partial charge is 0.220 e. The molecule has 0 spiro atoms.